The van der Waals surface area contributed by atoms with Crippen LogP contribution in [0.1, 0.15) is 22.3 Å². The topological polar surface area (TPSA) is 45.0 Å². The molecule has 0 amide bonds. The maximum Gasteiger partial charge on any atom is 0.418 e. The predicted molar refractivity (Wildman–Crippen MR) is 86.7 cm³/mol. The van der Waals surface area contributed by atoms with Crippen molar-refractivity contribution in [2.24, 2.45) is 10.1 Å². The van der Waals surface area contributed by atoms with Crippen LogP contribution in [0, 0.1) is 5.82 Å². The van der Waals surface area contributed by atoms with E-state index in [0.717, 1.165) is 6.07 Å². The fourth-order valence-electron chi connectivity index (χ4n) is 2.75. The summed E-state index contributed by atoms with van der Waals surface area (Å²) in [5.41, 5.74) is 0.426. The van der Waals surface area contributed by atoms with Gasteiger partial charge in [-0.05, 0) is 29.3 Å². The van der Waals surface area contributed by atoms with Gasteiger partial charge in [-0.3, -0.25) is 4.99 Å². The van der Waals surface area contributed by atoms with E-state index in [1.165, 1.54) is 30.5 Å². The summed E-state index contributed by atoms with van der Waals surface area (Å²) < 4.78 is 52.5. The van der Waals surface area contributed by atoms with Gasteiger partial charge >= 0.3 is 6.18 Å². The van der Waals surface area contributed by atoms with E-state index in [1.54, 1.807) is 0 Å². The van der Waals surface area contributed by atoms with E-state index in [0.29, 0.717) is 16.7 Å². The average molecular weight is 371 g/mol. The van der Waals surface area contributed by atoms with Crippen molar-refractivity contribution in [2.45, 2.75) is 19.0 Å². The fraction of sp³-hybridized carbons (Fsp3) is 0.176. The number of fused-ring (bicyclic) bond motifs is 1. The summed E-state index contributed by atoms with van der Waals surface area (Å²) >= 11 is 5.73. The highest BCUT2D eigenvalue weighted by atomic mass is 35.5. The zero-order valence-corrected chi connectivity index (χ0v) is 13.4. The average Bonchev–Trinajstić information content (AvgIpc) is 3.03. The van der Waals surface area contributed by atoms with Crippen LogP contribution in [0.5, 0.6) is 0 Å². The Labute approximate surface area is 145 Å². The van der Waals surface area contributed by atoms with Gasteiger partial charge in [-0.1, -0.05) is 28.9 Å². The third kappa shape index (κ3) is 3.37. The largest absolute Gasteiger partial charge is 0.418 e. The van der Waals surface area contributed by atoms with Crippen LogP contribution in [0.25, 0.3) is 0 Å². The summed E-state index contributed by atoms with van der Waals surface area (Å²) in [5.74, 6) is -0.586. The van der Waals surface area contributed by atoms with Gasteiger partial charge in [0.2, 0.25) is 0 Å². The molecule has 3 rings (SSSR count). The first-order valence-corrected chi connectivity index (χ1v) is 7.60. The van der Waals surface area contributed by atoms with Gasteiger partial charge in [0.15, 0.2) is 0 Å². The van der Waals surface area contributed by atoms with Crippen LogP contribution in [-0.4, -0.2) is 17.1 Å². The second-order valence-electron chi connectivity index (χ2n) is 5.47. The van der Waals surface area contributed by atoms with Crippen LogP contribution in [0.15, 0.2) is 40.5 Å². The smallest absolute Gasteiger partial charge is 0.411 e. The second kappa shape index (κ2) is 6.48. The molecular formula is C17H11ClF4N2O. The molecule has 0 fully saturated rings. The molecule has 0 bridgehead atoms. The van der Waals surface area contributed by atoms with Crippen molar-refractivity contribution in [3.63, 3.8) is 0 Å². The normalized spacial score (nSPS) is 14.0. The van der Waals surface area contributed by atoms with E-state index in [-0.39, 0.29) is 29.3 Å². The van der Waals surface area contributed by atoms with Gasteiger partial charge < -0.3 is 5.21 Å². The van der Waals surface area contributed by atoms with Crippen LogP contribution in [0.2, 0.25) is 5.02 Å². The number of oxime groups is 1. The van der Waals surface area contributed by atoms with E-state index in [2.05, 4.69) is 10.1 Å². The molecule has 0 saturated heterocycles. The van der Waals surface area contributed by atoms with E-state index in [1.807, 2.05) is 0 Å². The highest BCUT2D eigenvalue weighted by molar-refractivity contribution is 6.30. The van der Waals surface area contributed by atoms with Crippen LogP contribution in [0.3, 0.4) is 0 Å². The Balaban J connectivity index is 2.00. The van der Waals surface area contributed by atoms with Crippen LogP contribution in [0.4, 0.5) is 23.2 Å². The molecule has 0 saturated carbocycles. The van der Waals surface area contributed by atoms with Crippen molar-refractivity contribution in [1.82, 2.24) is 0 Å². The van der Waals surface area contributed by atoms with E-state index in [4.69, 9.17) is 11.6 Å². The van der Waals surface area contributed by atoms with E-state index >= 15 is 0 Å². The van der Waals surface area contributed by atoms with Gasteiger partial charge in [-0.15, -0.1) is 0 Å². The lowest BCUT2D eigenvalue weighted by Crippen LogP contribution is -2.12. The number of hydrogen-bond donors (Lipinski definition) is 1. The summed E-state index contributed by atoms with van der Waals surface area (Å²) in [5, 5.41) is 12.5. The van der Waals surface area contributed by atoms with Crippen molar-refractivity contribution < 1.29 is 22.8 Å². The van der Waals surface area contributed by atoms with Crippen molar-refractivity contribution in [2.75, 3.05) is 0 Å². The summed E-state index contributed by atoms with van der Waals surface area (Å²) in [4.78, 5) is 3.82. The van der Waals surface area contributed by atoms with Gasteiger partial charge in [0.25, 0.3) is 0 Å². The zero-order valence-electron chi connectivity index (χ0n) is 12.6. The summed E-state index contributed by atoms with van der Waals surface area (Å²) in [6.07, 6.45) is -2.86. The van der Waals surface area contributed by atoms with E-state index < -0.39 is 17.6 Å². The first kappa shape index (κ1) is 17.4. The number of aliphatic imine (C=N–C) groups is 1. The molecule has 25 heavy (non-hydrogen) atoms. The Kier molecular flexibility index (Phi) is 4.51. The quantitative estimate of drug-likeness (QED) is 0.344. The molecule has 0 unspecified atom stereocenters. The minimum Gasteiger partial charge on any atom is -0.411 e. The van der Waals surface area contributed by atoms with Crippen LogP contribution >= 0.6 is 11.6 Å². The van der Waals surface area contributed by atoms with Gasteiger partial charge in [0.1, 0.15) is 5.82 Å². The fourth-order valence-corrected chi connectivity index (χ4v) is 2.95. The Hall–Kier alpha value is -2.41. The minimum atomic E-state index is -4.52. The molecule has 1 aliphatic rings. The predicted octanol–water partition coefficient (Wildman–Crippen LogP) is 5.18. The van der Waals surface area contributed by atoms with E-state index in [9.17, 15) is 22.8 Å². The van der Waals surface area contributed by atoms with Crippen molar-refractivity contribution in [3.05, 3.63) is 63.4 Å². The number of halogens is 5. The number of benzene rings is 2. The van der Waals surface area contributed by atoms with Crippen molar-refractivity contribution >= 4 is 29.2 Å². The molecule has 130 valence electrons. The molecule has 2 aromatic carbocycles. The Morgan fingerprint density at radius 3 is 2.64 bits per heavy atom. The Morgan fingerprint density at radius 1 is 1.24 bits per heavy atom. The molecule has 0 atom stereocenters. The molecule has 3 nitrogen and oxygen atoms in total. The van der Waals surface area contributed by atoms with Gasteiger partial charge in [0.05, 0.1) is 22.0 Å². The standard InChI is InChI=1S/C17H11ClF4N2O/c18-13-7-9(1-4-14(13)19)8-15(24-25)10-2-3-12(17(20,21)22)16-11(10)5-6-23-16/h1-4,6-7,25H,5,8H2/b24-15+. The number of rotatable bonds is 3. The maximum absolute atomic E-state index is 13.2. The molecule has 2 aromatic rings. The third-order valence-corrected chi connectivity index (χ3v) is 4.18. The summed E-state index contributed by atoms with van der Waals surface area (Å²) in [6, 6.07) is 6.19. The van der Waals surface area contributed by atoms with Gasteiger partial charge in [-0.25, -0.2) is 4.39 Å². The SMILES string of the molecule is O/N=C(\Cc1ccc(F)c(Cl)c1)c1ccc(C(F)(F)F)c2c1CC=N2. The first-order valence-electron chi connectivity index (χ1n) is 7.22. The van der Waals surface area contributed by atoms with Crippen LogP contribution in [-0.2, 0) is 19.0 Å². The summed E-state index contributed by atoms with van der Waals surface area (Å²) in [7, 11) is 0. The highest BCUT2D eigenvalue weighted by Crippen LogP contribution is 2.41. The third-order valence-electron chi connectivity index (χ3n) is 3.89. The molecule has 1 heterocycles. The first-order chi connectivity index (χ1) is 11.8. The Morgan fingerprint density at radius 2 is 2.00 bits per heavy atom. The lowest BCUT2D eigenvalue weighted by Gasteiger charge is -2.15. The lowest BCUT2D eigenvalue weighted by atomic mass is 9.93. The number of nitrogens with zero attached hydrogens (tertiary/aromatic N) is 2. The molecule has 8 heteroatoms. The van der Waals surface area contributed by atoms with Crippen molar-refractivity contribution in [3.8, 4) is 0 Å². The lowest BCUT2D eigenvalue weighted by molar-refractivity contribution is -0.137. The second-order valence-corrected chi connectivity index (χ2v) is 5.88. The molecule has 1 N–H and O–H groups in total. The number of hydrogen-bond acceptors (Lipinski definition) is 3. The maximum atomic E-state index is 13.2. The highest BCUT2D eigenvalue weighted by Gasteiger charge is 2.36. The molecule has 0 spiro atoms. The molecule has 1 aliphatic heterocycles. The number of alkyl halides is 3. The molecule has 0 radical (unpaired) electrons. The zero-order chi connectivity index (χ0) is 18.2. The minimum absolute atomic E-state index is 0.0777. The monoisotopic (exact) mass is 370 g/mol. The summed E-state index contributed by atoms with van der Waals surface area (Å²) in [6.45, 7) is 0. The molecule has 0 aromatic heterocycles. The molecular weight excluding hydrogens is 360 g/mol. The van der Waals surface area contributed by atoms with Crippen LogP contribution < -0.4 is 0 Å². The molecule has 0 aliphatic carbocycles. The van der Waals surface area contributed by atoms with Gasteiger partial charge in [-0.2, -0.15) is 13.2 Å². The Bertz CT molecular complexity index is 891. The van der Waals surface area contributed by atoms with Crippen molar-refractivity contribution in [1.29, 1.82) is 0 Å². The van der Waals surface area contributed by atoms with Gasteiger partial charge in [0, 0.05) is 24.6 Å².